The zero-order valence-electron chi connectivity index (χ0n) is 16.1. The third-order valence-corrected chi connectivity index (χ3v) is 5.91. The van der Waals surface area contributed by atoms with Gasteiger partial charge < -0.3 is 20.1 Å². The number of hydrogen-bond acceptors (Lipinski definition) is 6. The topological polar surface area (TPSA) is 70.5 Å². The molecule has 6 nitrogen and oxygen atoms in total. The highest BCUT2D eigenvalue weighted by molar-refractivity contribution is 5.80. The van der Waals surface area contributed by atoms with Gasteiger partial charge in [0.1, 0.15) is 5.75 Å². The van der Waals surface area contributed by atoms with Gasteiger partial charge >= 0.3 is 0 Å². The van der Waals surface area contributed by atoms with Gasteiger partial charge in [0.05, 0.1) is 18.2 Å². The molecule has 1 aromatic carbocycles. The summed E-state index contributed by atoms with van der Waals surface area (Å²) in [4.78, 5) is 11.5. The Morgan fingerprint density at radius 3 is 2.70 bits per heavy atom. The molecule has 0 spiro atoms. The van der Waals surface area contributed by atoms with E-state index >= 15 is 0 Å². The third-order valence-electron chi connectivity index (χ3n) is 5.91. The van der Waals surface area contributed by atoms with Crippen LogP contribution in [0.1, 0.15) is 38.5 Å². The molecule has 0 bridgehead atoms. The minimum atomic E-state index is -0.148. The number of piperidine rings is 1. The van der Waals surface area contributed by atoms with Crippen LogP contribution < -0.4 is 10.1 Å². The number of aliphatic hydroxyl groups is 1. The molecule has 1 aromatic heterocycles. The lowest BCUT2D eigenvalue weighted by Crippen LogP contribution is -2.32. The second kappa shape index (κ2) is 8.40. The summed E-state index contributed by atoms with van der Waals surface area (Å²) in [6, 6.07) is 6.40. The number of nitrogens with one attached hydrogen (secondary N) is 1. The quantitative estimate of drug-likeness (QED) is 0.843. The number of nitrogens with zero attached hydrogens (tertiary/aromatic N) is 3. The number of fused-ring (bicyclic) bond motifs is 1. The molecule has 0 radical (unpaired) electrons. The van der Waals surface area contributed by atoms with E-state index in [1.165, 1.54) is 12.8 Å². The molecule has 6 heteroatoms. The maximum absolute atomic E-state index is 9.65. The maximum Gasteiger partial charge on any atom is 0.223 e. The van der Waals surface area contributed by atoms with Crippen LogP contribution in [0.25, 0.3) is 10.9 Å². The molecule has 2 aliphatic rings. The Kier molecular flexibility index (Phi) is 5.74. The molecule has 1 aliphatic heterocycles. The van der Waals surface area contributed by atoms with Gasteiger partial charge in [0.25, 0.3) is 0 Å². The summed E-state index contributed by atoms with van der Waals surface area (Å²) >= 11 is 0. The van der Waals surface area contributed by atoms with Gasteiger partial charge in [-0.3, -0.25) is 0 Å². The Hall–Kier alpha value is -1.92. The van der Waals surface area contributed by atoms with Gasteiger partial charge in [0, 0.05) is 23.7 Å². The second-order valence-corrected chi connectivity index (χ2v) is 8.12. The minimum Gasteiger partial charge on any atom is -0.493 e. The monoisotopic (exact) mass is 370 g/mol. The van der Waals surface area contributed by atoms with E-state index in [0.717, 1.165) is 62.0 Å². The van der Waals surface area contributed by atoms with Crippen molar-refractivity contribution in [2.75, 3.05) is 32.1 Å². The predicted molar refractivity (Wildman–Crippen MR) is 107 cm³/mol. The molecule has 0 unspecified atom stereocenters. The predicted octanol–water partition coefficient (Wildman–Crippen LogP) is 3.07. The van der Waals surface area contributed by atoms with Gasteiger partial charge in [-0.25, -0.2) is 9.97 Å². The first-order valence-corrected chi connectivity index (χ1v) is 10.2. The Bertz CT molecular complexity index is 753. The maximum atomic E-state index is 9.65. The van der Waals surface area contributed by atoms with Crippen molar-refractivity contribution in [3.8, 4) is 5.75 Å². The van der Waals surface area contributed by atoms with Crippen molar-refractivity contribution < 1.29 is 9.84 Å². The Morgan fingerprint density at radius 1 is 1.15 bits per heavy atom. The second-order valence-electron chi connectivity index (χ2n) is 8.12. The lowest BCUT2D eigenvalue weighted by molar-refractivity contribution is 0.126. The molecule has 0 atom stereocenters. The van der Waals surface area contributed by atoms with Crippen molar-refractivity contribution in [2.24, 2.45) is 5.92 Å². The average molecular weight is 370 g/mol. The highest BCUT2D eigenvalue weighted by Crippen LogP contribution is 2.24. The van der Waals surface area contributed by atoms with E-state index in [-0.39, 0.29) is 6.10 Å². The number of anilines is 1. The van der Waals surface area contributed by atoms with Crippen LogP contribution in [0.2, 0.25) is 0 Å². The fraction of sp³-hybridized carbons (Fsp3) is 0.619. The highest BCUT2D eigenvalue weighted by Gasteiger charge is 2.20. The first-order valence-electron chi connectivity index (χ1n) is 10.2. The van der Waals surface area contributed by atoms with Gasteiger partial charge in [-0.2, -0.15) is 0 Å². The van der Waals surface area contributed by atoms with E-state index in [1.54, 1.807) is 0 Å². The molecule has 4 rings (SSSR count). The van der Waals surface area contributed by atoms with E-state index in [1.807, 2.05) is 24.4 Å². The van der Waals surface area contributed by atoms with E-state index in [4.69, 9.17) is 4.74 Å². The smallest absolute Gasteiger partial charge is 0.223 e. The Morgan fingerprint density at radius 2 is 1.93 bits per heavy atom. The molecule has 146 valence electrons. The summed E-state index contributed by atoms with van der Waals surface area (Å²) in [6.07, 6.45) is 7.74. The van der Waals surface area contributed by atoms with E-state index in [9.17, 15) is 5.11 Å². The van der Waals surface area contributed by atoms with Gasteiger partial charge in [-0.15, -0.1) is 0 Å². The summed E-state index contributed by atoms with van der Waals surface area (Å²) in [5, 5.41) is 14.1. The summed E-state index contributed by atoms with van der Waals surface area (Å²) in [7, 11) is 2.18. The summed E-state index contributed by atoms with van der Waals surface area (Å²) in [5.41, 5.74) is 0.907. The van der Waals surface area contributed by atoms with E-state index in [0.29, 0.717) is 17.9 Å². The lowest BCUT2D eigenvalue weighted by atomic mass is 9.93. The molecule has 1 saturated heterocycles. The normalized spacial score (nSPS) is 24.8. The number of benzene rings is 1. The zero-order chi connectivity index (χ0) is 18.6. The number of rotatable bonds is 5. The average Bonchev–Trinajstić information content (AvgIpc) is 2.69. The lowest BCUT2D eigenvalue weighted by Gasteiger charge is -2.28. The van der Waals surface area contributed by atoms with Crippen molar-refractivity contribution in [1.29, 1.82) is 0 Å². The van der Waals surface area contributed by atoms with Gasteiger partial charge in [0.15, 0.2) is 0 Å². The Balaban J connectivity index is 1.38. The third kappa shape index (κ3) is 4.87. The van der Waals surface area contributed by atoms with Gasteiger partial charge in [-0.1, -0.05) is 0 Å². The van der Waals surface area contributed by atoms with Crippen LogP contribution in [0.3, 0.4) is 0 Å². The summed E-state index contributed by atoms with van der Waals surface area (Å²) in [5.74, 6) is 2.18. The van der Waals surface area contributed by atoms with Gasteiger partial charge in [0.2, 0.25) is 5.95 Å². The Labute approximate surface area is 161 Å². The molecule has 2 N–H and O–H groups in total. The van der Waals surface area contributed by atoms with Crippen molar-refractivity contribution in [3.63, 3.8) is 0 Å². The number of aliphatic hydroxyl groups excluding tert-OH is 1. The van der Waals surface area contributed by atoms with Gasteiger partial charge in [-0.05, 0) is 76.7 Å². The van der Waals surface area contributed by atoms with Crippen LogP contribution in [0.4, 0.5) is 5.95 Å². The van der Waals surface area contributed by atoms with Crippen LogP contribution in [0, 0.1) is 5.92 Å². The van der Waals surface area contributed by atoms with Crippen molar-refractivity contribution in [2.45, 2.75) is 50.7 Å². The van der Waals surface area contributed by atoms with Crippen LogP contribution in [0.5, 0.6) is 5.75 Å². The van der Waals surface area contributed by atoms with Crippen molar-refractivity contribution >= 4 is 16.9 Å². The standard InChI is InChI=1S/C21H30N4O2/c1-25-10-8-15(9-11-25)14-27-19-7-2-16-13-22-21(24-20(16)12-19)23-17-3-5-18(26)6-4-17/h2,7,12-13,15,17-18,26H,3-6,8-11,14H2,1H3,(H,22,23,24). The molecular formula is C21H30N4O2. The van der Waals surface area contributed by atoms with Crippen LogP contribution in [-0.4, -0.2) is 58.9 Å². The van der Waals surface area contributed by atoms with Crippen LogP contribution in [0.15, 0.2) is 24.4 Å². The number of ether oxygens (including phenoxy) is 1. The first-order chi connectivity index (χ1) is 13.2. The minimum absolute atomic E-state index is 0.148. The fourth-order valence-corrected chi connectivity index (χ4v) is 4.01. The molecule has 1 aliphatic carbocycles. The number of likely N-dealkylation sites (tertiary alicyclic amines) is 1. The van der Waals surface area contributed by atoms with Crippen molar-refractivity contribution in [1.82, 2.24) is 14.9 Å². The molecule has 27 heavy (non-hydrogen) atoms. The largest absolute Gasteiger partial charge is 0.493 e. The molecular weight excluding hydrogens is 340 g/mol. The fourth-order valence-electron chi connectivity index (χ4n) is 4.01. The molecule has 0 amide bonds. The summed E-state index contributed by atoms with van der Waals surface area (Å²) < 4.78 is 6.06. The highest BCUT2D eigenvalue weighted by atomic mass is 16.5. The SMILES string of the molecule is CN1CCC(COc2ccc3cnc(NC4CCC(O)CC4)nc3c2)CC1. The van der Waals surface area contributed by atoms with Crippen LogP contribution in [-0.2, 0) is 0 Å². The molecule has 2 aromatic rings. The number of hydrogen-bond donors (Lipinski definition) is 2. The molecule has 1 saturated carbocycles. The molecule has 2 heterocycles. The number of aromatic nitrogens is 2. The van der Waals surface area contributed by atoms with Crippen molar-refractivity contribution in [3.05, 3.63) is 24.4 Å². The first kappa shape index (κ1) is 18.4. The van der Waals surface area contributed by atoms with Crippen LogP contribution >= 0.6 is 0 Å². The van der Waals surface area contributed by atoms with E-state index < -0.39 is 0 Å². The molecule has 2 fully saturated rings. The summed E-state index contributed by atoms with van der Waals surface area (Å²) in [6.45, 7) is 3.10. The van der Waals surface area contributed by atoms with E-state index in [2.05, 4.69) is 27.2 Å². The zero-order valence-corrected chi connectivity index (χ0v) is 16.1.